The van der Waals surface area contributed by atoms with Gasteiger partial charge in [-0.1, -0.05) is 18.2 Å². The Hall–Kier alpha value is -3.35. The predicted molar refractivity (Wildman–Crippen MR) is 95.2 cm³/mol. The van der Waals surface area contributed by atoms with Crippen molar-refractivity contribution in [3.05, 3.63) is 47.5 Å². The van der Waals surface area contributed by atoms with Crippen LogP contribution in [0.3, 0.4) is 0 Å². The van der Waals surface area contributed by atoms with Crippen molar-refractivity contribution in [3.63, 3.8) is 0 Å². The minimum Gasteiger partial charge on any atom is -0.502 e. The van der Waals surface area contributed by atoms with Gasteiger partial charge in [-0.15, -0.1) is 5.10 Å². The topological polar surface area (TPSA) is 83.7 Å². The number of hydrogen-bond acceptors (Lipinski definition) is 6. The number of phenols is 1. The largest absolute Gasteiger partial charge is 0.502 e. The van der Waals surface area contributed by atoms with Gasteiger partial charge in [0.1, 0.15) is 0 Å². The van der Waals surface area contributed by atoms with E-state index in [1.54, 1.807) is 19.2 Å². The number of para-hydroxylation sites is 1. The van der Waals surface area contributed by atoms with E-state index in [0.717, 1.165) is 11.3 Å². The molecule has 0 saturated heterocycles. The third-order valence-corrected chi connectivity index (χ3v) is 3.89. The van der Waals surface area contributed by atoms with Crippen LogP contribution >= 0.6 is 0 Å². The fraction of sp³-hybridized carbons (Fsp3) is 0.167. The summed E-state index contributed by atoms with van der Waals surface area (Å²) < 4.78 is 10.2. The molecule has 1 aliphatic rings. The summed E-state index contributed by atoms with van der Waals surface area (Å²) in [5, 5.41) is 18.0. The highest BCUT2D eigenvalue weighted by Crippen LogP contribution is 2.36. The molecule has 3 rings (SSSR count). The number of likely N-dealkylation sites (N-methyl/N-ethyl adjacent to an activating group) is 1. The number of fused-ring (bicyclic) bond motifs is 1. The van der Waals surface area contributed by atoms with Crippen LogP contribution in [0, 0.1) is 0 Å². The molecule has 7 heteroatoms. The van der Waals surface area contributed by atoms with Gasteiger partial charge >= 0.3 is 0 Å². The molecule has 0 radical (unpaired) electrons. The predicted octanol–water partition coefficient (Wildman–Crippen LogP) is 2.21. The van der Waals surface area contributed by atoms with Gasteiger partial charge in [0, 0.05) is 18.2 Å². The highest BCUT2D eigenvalue weighted by molar-refractivity contribution is 6.54. The van der Waals surface area contributed by atoms with Crippen molar-refractivity contribution in [3.8, 4) is 17.2 Å². The van der Waals surface area contributed by atoms with Gasteiger partial charge in [-0.05, 0) is 18.2 Å². The van der Waals surface area contributed by atoms with Crippen LogP contribution < -0.4 is 14.4 Å². The summed E-state index contributed by atoms with van der Waals surface area (Å²) in [6, 6.07) is 10.6. The van der Waals surface area contributed by atoms with Gasteiger partial charge in [0.2, 0.25) is 5.75 Å². The van der Waals surface area contributed by atoms with Crippen LogP contribution in [0.5, 0.6) is 17.2 Å². The van der Waals surface area contributed by atoms with E-state index in [9.17, 15) is 9.90 Å². The number of amides is 1. The van der Waals surface area contributed by atoms with Crippen molar-refractivity contribution < 1.29 is 19.4 Å². The van der Waals surface area contributed by atoms with Crippen LogP contribution in [-0.2, 0) is 4.79 Å². The molecule has 0 saturated carbocycles. The number of carbonyl (C=O) groups excluding carboxylic acids is 1. The minimum atomic E-state index is -0.209. The number of carbonyl (C=O) groups is 1. The fourth-order valence-corrected chi connectivity index (χ4v) is 2.59. The quantitative estimate of drug-likeness (QED) is 0.684. The maximum Gasteiger partial charge on any atom is 0.279 e. The molecule has 0 fully saturated rings. The van der Waals surface area contributed by atoms with Crippen LogP contribution in [0.1, 0.15) is 11.1 Å². The summed E-state index contributed by atoms with van der Waals surface area (Å²) in [7, 11) is 4.59. The van der Waals surface area contributed by atoms with E-state index in [2.05, 4.69) is 10.2 Å². The Morgan fingerprint density at radius 3 is 2.40 bits per heavy atom. The second kappa shape index (κ2) is 6.64. The summed E-state index contributed by atoms with van der Waals surface area (Å²) in [6.07, 6.45) is 1.46. The molecule has 0 spiro atoms. The van der Waals surface area contributed by atoms with Crippen LogP contribution in [0.15, 0.2) is 46.6 Å². The van der Waals surface area contributed by atoms with Gasteiger partial charge in [0.15, 0.2) is 17.2 Å². The molecule has 1 amide bonds. The zero-order valence-electron chi connectivity index (χ0n) is 14.1. The summed E-state index contributed by atoms with van der Waals surface area (Å²) >= 11 is 0. The van der Waals surface area contributed by atoms with Crippen LogP contribution in [0.25, 0.3) is 0 Å². The average Bonchev–Trinajstić information content (AvgIpc) is 2.88. The summed E-state index contributed by atoms with van der Waals surface area (Å²) in [5.41, 5.74) is 2.44. The van der Waals surface area contributed by atoms with E-state index in [-0.39, 0.29) is 28.9 Å². The van der Waals surface area contributed by atoms with E-state index in [1.807, 2.05) is 24.3 Å². The first-order chi connectivity index (χ1) is 12.1. The fourth-order valence-electron chi connectivity index (χ4n) is 2.59. The van der Waals surface area contributed by atoms with E-state index in [4.69, 9.17) is 9.47 Å². The van der Waals surface area contributed by atoms with Crippen molar-refractivity contribution in [1.82, 2.24) is 0 Å². The van der Waals surface area contributed by atoms with Gasteiger partial charge in [-0.2, -0.15) is 5.10 Å². The lowest BCUT2D eigenvalue weighted by molar-refractivity contribution is -0.111. The van der Waals surface area contributed by atoms with E-state index < -0.39 is 0 Å². The highest BCUT2D eigenvalue weighted by atomic mass is 16.5. The van der Waals surface area contributed by atoms with Crippen molar-refractivity contribution in [1.29, 1.82) is 0 Å². The monoisotopic (exact) mass is 339 g/mol. The number of hydrogen-bond donors (Lipinski definition) is 1. The number of nitrogens with zero attached hydrogens (tertiary/aromatic N) is 3. The van der Waals surface area contributed by atoms with E-state index in [0.29, 0.717) is 5.56 Å². The lowest BCUT2D eigenvalue weighted by atomic mass is 10.1. The molecule has 1 heterocycles. The molecule has 7 nitrogen and oxygen atoms in total. The third kappa shape index (κ3) is 2.91. The van der Waals surface area contributed by atoms with Gasteiger partial charge in [0.25, 0.3) is 5.91 Å². The first-order valence-electron chi connectivity index (χ1n) is 7.50. The Morgan fingerprint density at radius 1 is 1.12 bits per heavy atom. The first-order valence-corrected chi connectivity index (χ1v) is 7.50. The summed E-state index contributed by atoms with van der Waals surface area (Å²) in [4.78, 5) is 13.8. The third-order valence-electron chi connectivity index (χ3n) is 3.89. The van der Waals surface area contributed by atoms with Crippen molar-refractivity contribution in [2.24, 2.45) is 10.2 Å². The number of benzene rings is 2. The van der Waals surface area contributed by atoms with E-state index in [1.165, 1.54) is 25.3 Å². The zero-order valence-corrected chi connectivity index (χ0v) is 14.1. The minimum absolute atomic E-state index is 0.0880. The lowest BCUT2D eigenvalue weighted by Gasteiger charge is -2.08. The van der Waals surface area contributed by atoms with Gasteiger partial charge in [-0.25, -0.2) is 0 Å². The van der Waals surface area contributed by atoms with Crippen LogP contribution in [0.4, 0.5) is 5.69 Å². The Kier molecular flexibility index (Phi) is 4.38. The van der Waals surface area contributed by atoms with Crippen LogP contribution in [0.2, 0.25) is 0 Å². The molecule has 1 N–H and O–H groups in total. The molecular weight excluding hydrogens is 322 g/mol. The number of anilines is 1. The SMILES string of the molecule is COc1cc(/C=N/N=C2\C(=O)N(C)c3ccccc32)cc(OC)c1O. The number of methoxy groups -OCH3 is 2. The smallest absolute Gasteiger partial charge is 0.279 e. The molecule has 0 aliphatic carbocycles. The standard InChI is InChI=1S/C18H17N3O4/c1-21-13-7-5-4-6-12(13)16(18(21)23)20-19-10-11-8-14(24-2)17(22)15(9-11)25-3/h4-10,22H,1-3H3/b19-10+,20-16-. The summed E-state index contributed by atoms with van der Waals surface area (Å²) in [5.74, 6) is 0.222. The second-order valence-corrected chi connectivity index (χ2v) is 5.35. The highest BCUT2D eigenvalue weighted by Gasteiger charge is 2.30. The molecule has 0 atom stereocenters. The molecule has 2 aromatic carbocycles. The summed E-state index contributed by atoms with van der Waals surface area (Å²) in [6.45, 7) is 0. The van der Waals surface area contributed by atoms with Crippen LogP contribution in [-0.4, -0.2) is 44.2 Å². The Bertz CT molecular complexity index is 865. The molecule has 2 aromatic rings. The number of aromatic hydroxyl groups is 1. The van der Waals surface area contributed by atoms with Gasteiger partial charge < -0.3 is 19.5 Å². The Labute approximate surface area is 144 Å². The molecular formula is C18H17N3O4. The van der Waals surface area contributed by atoms with Gasteiger partial charge in [-0.3, -0.25) is 4.79 Å². The molecule has 1 aliphatic heterocycles. The molecule has 128 valence electrons. The normalized spacial score (nSPS) is 15.1. The van der Waals surface area contributed by atoms with Crippen molar-refractivity contribution in [2.75, 3.05) is 26.2 Å². The lowest BCUT2D eigenvalue weighted by Crippen LogP contribution is -2.25. The van der Waals surface area contributed by atoms with Gasteiger partial charge in [0.05, 0.1) is 26.1 Å². The number of ether oxygens (including phenoxy) is 2. The number of rotatable bonds is 4. The molecule has 0 bridgehead atoms. The second-order valence-electron chi connectivity index (χ2n) is 5.35. The Morgan fingerprint density at radius 2 is 1.76 bits per heavy atom. The average molecular weight is 339 g/mol. The molecule has 25 heavy (non-hydrogen) atoms. The van der Waals surface area contributed by atoms with E-state index >= 15 is 0 Å². The van der Waals surface area contributed by atoms with Crippen molar-refractivity contribution in [2.45, 2.75) is 0 Å². The Balaban J connectivity index is 1.94. The number of phenolic OH excluding ortho intramolecular Hbond substituents is 1. The first kappa shape index (κ1) is 16.5. The molecule has 0 aromatic heterocycles. The maximum absolute atomic E-state index is 12.3. The molecule has 0 unspecified atom stereocenters. The maximum atomic E-state index is 12.3. The van der Waals surface area contributed by atoms with Crippen molar-refractivity contribution >= 4 is 23.5 Å². The zero-order chi connectivity index (χ0) is 18.0.